The molecule has 5 heteroatoms. The number of nitrogens with zero attached hydrogens (tertiary/aromatic N) is 3. The summed E-state index contributed by atoms with van der Waals surface area (Å²) in [5.74, 6) is 0.153. The van der Waals surface area contributed by atoms with Crippen LogP contribution in [0.5, 0.6) is 0 Å². The lowest BCUT2D eigenvalue weighted by atomic mass is 9.78. The highest BCUT2D eigenvalue weighted by molar-refractivity contribution is 5.94. The summed E-state index contributed by atoms with van der Waals surface area (Å²) < 4.78 is 5.99. The smallest absolute Gasteiger partial charge is 0.253 e. The quantitative estimate of drug-likeness (QED) is 0.822. The van der Waals surface area contributed by atoms with Crippen molar-refractivity contribution in [2.45, 2.75) is 26.3 Å². The number of carbonyl (C=O) groups excluding carboxylic acids is 1. The lowest BCUT2D eigenvalue weighted by Gasteiger charge is -2.42. The molecule has 5 nitrogen and oxygen atoms in total. The highest BCUT2D eigenvalue weighted by Gasteiger charge is 2.39. The zero-order chi connectivity index (χ0) is 19.4. The summed E-state index contributed by atoms with van der Waals surface area (Å²) in [7, 11) is 0. The first kappa shape index (κ1) is 19.1. The molecule has 148 valence electrons. The molecule has 0 aliphatic carbocycles. The molecule has 2 aliphatic heterocycles. The lowest BCUT2D eigenvalue weighted by molar-refractivity contribution is 0.0145. The summed E-state index contributed by atoms with van der Waals surface area (Å²) in [6, 6.07) is 12.0. The summed E-state index contributed by atoms with van der Waals surface area (Å²) in [4.78, 5) is 21.6. The molecule has 2 fully saturated rings. The maximum Gasteiger partial charge on any atom is 0.253 e. The fourth-order valence-electron chi connectivity index (χ4n) is 4.41. The molecule has 3 heterocycles. The van der Waals surface area contributed by atoms with Gasteiger partial charge in [0, 0.05) is 56.1 Å². The Hall–Kier alpha value is -2.24. The van der Waals surface area contributed by atoms with Crippen LogP contribution in [0.4, 0.5) is 0 Å². The Labute approximate surface area is 167 Å². The van der Waals surface area contributed by atoms with Crippen LogP contribution in [0, 0.1) is 12.3 Å². The fourth-order valence-corrected chi connectivity index (χ4v) is 4.41. The Bertz CT molecular complexity index is 801. The molecule has 0 radical (unpaired) electrons. The van der Waals surface area contributed by atoms with E-state index in [0.717, 1.165) is 69.9 Å². The monoisotopic (exact) mass is 379 g/mol. The molecule has 1 amide bonds. The molecule has 2 saturated heterocycles. The van der Waals surface area contributed by atoms with E-state index >= 15 is 0 Å². The van der Waals surface area contributed by atoms with Crippen molar-refractivity contribution in [2.24, 2.45) is 5.41 Å². The number of carbonyl (C=O) groups is 1. The molecule has 0 unspecified atom stereocenters. The SMILES string of the molecule is Cc1cccc(C(=O)N2CCC3(CC2)COCCN(Cc2cccnc2)C3)c1. The minimum atomic E-state index is 0.141. The zero-order valence-corrected chi connectivity index (χ0v) is 16.6. The molecular formula is C23H29N3O2. The molecule has 0 N–H and O–H groups in total. The van der Waals surface area contributed by atoms with E-state index in [1.165, 1.54) is 5.56 Å². The van der Waals surface area contributed by atoms with Crippen LogP contribution >= 0.6 is 0 Å². The number of ether oxygens (including phenoxy) is 1. The van der Waals surface area contributed by atoms with Gasteiger partial charge in [-0.25, -0.2) is 0 Å². The van der Waals surface area contributed by atoms with Gasteiger partial charge in [-0.15, -0.1) is 0 Å². The zero-order valence-electron chi connectivity index (χ0n) is 16.6. The van der Waals surface area contributed by atoms with E-state index in [1.807, 2.05) is 54.5 Å². The first-order valence-electron chi connectivity index (χ1n) is 10.2. The number of hydrogen-bond acceptors (Lipinski definition) is 4. The van der Waals surface area contributed by atoms with Gasteiger partial charge in [-0.3, -0.25) is 14.7 Å². The number of benzene rings is 1. The van der Waals surface area contributed by atoms with Crippen molar-refractivity contribution in [2.75, 3.05) is 39.4 Å². The molecule has 1 aromatic carbocycles. The second-order valence-electron chi connectivity index (χ2n) is 8.29. The number of likely N-dealkylation sites (tertiary alicyclic amines) is 1. The number of aromatic nitrogens is 1. The highest BCUT2D eigenvalue weighted by atomic mass is 16.5. The van der Waals surface area contributed by atoms with Crippen molar-refractivity contribution in [3.05, 3.63) is 65.5 Å². The van der Waals surface area contributed by atoms with Crippen molar-refractivity contribution in [3.8, 4) is 0 Å². The number of amides is 1. The average Bonchev–Trinajstić information content (AvgIpc) is 2.91. The van der Waals surface area contributed by atoms with Gasteiger partial charge in [0.15, 0.2) is 0 Å². The summed E-state index contributed by atoms with van der Waals surface area (Å²) in [6.07, 6.45) is 5.75. The van der Waals surface area contributed by atoms with Gasteiger partial charge in [0.2, 0.25) is 0 Å². The second-order valence-corrected chi connectivity index (χ2v) is 8.29. The average molecular weight is 380 g/mol. The van der Waals surface area contributed by atoms with Crippen LogP contribution in [0.1, 0.15) is 34.3 Å². The van der Waals surface area contributed by atoms with E-state index in [1.54, 1.807) is 0 Å². The minimum Gasteiger partial charge on any atom is -0.379 e. The third-order valence-corrected chi connectivity index (χ3v) is 6.02. The lowest BCUT2D eigenvalue weighted by Crippen LogP contribution is -2.48. The number of rotatable bonds is 3. The number of pyridine rings is 1. The van der Waals surface area contributed by atoms with Gasteiger partial charge in [-0.1, -0.05) is 23.8 Å². The van der Waals surface area contributed by atoms with Crippen molar-refractivity contribution in [3.63, 3.8) is 0 Å². The van der Waals surface area contributed by atoms with E-state index in [4.69, 9.17) is 4.74 Å². The molecule has 0 atom stereocenters. The maximum absolute atomic E-state index is 12.9. The van der Waals surface area contributed by atoms with Gasteiger partial charge in [-0.2, -0.15) is 0 Å². The number of aryl methyl sites for hydroxylation is 1. The van der Waals surface area contributed by atoms with Gasteiger partial charge in [0.05, 0.1) is 13.2 Å². The van der Waals surface area contributed by atoms with Crippen LogP contribution in [0.15, 0.2) is 48.8 Å². The van der Waals surface area contributed by atoms with E-state index in [0.29, 0.717) is 0 Å². The topological polar surface area (TPSA) is 45.7 Å². The first-order chi connectivity index (χ1) is 13.6. The van der Waals surface area contributed by atoms with Crippen molar-refractivity contribution < 1.29 is 9.53 Å². The number of hydrogen-bond donors (Lipinski definition) is 0. The van der Waals surface area contributed by atoms with Gasteiger partial charge in [-0.05, 0) is 43.5 Å². The van der Waals surface area contributed by atoms with Crippen LogP contribution in [-0.4, -0.2) is 60.1 Å². The van der Waals surface area contributed by atoms with E-state index < -0.39 is 0 Å². The van der Waals surface area contributed by atoms with E-state index in [2.05, 4.69) is 16.0 Å². The summed E-state index contributed by atoms with van der Waals surface area (Å²) in [6.45, 7) is 8.08. The van der Waals surface area contributed by atoms with Gasteiger partial charge < -0.3 is 9.64 Å². The Morgan fingerprint density at radius 1 is 1.18 bits per heavy atom. The fraction of sp³-hybridized carbons (Fsp3) is 0.478. The van der Waals surface area contributed by atoms with E-state index in [-0.39, 0.29) is 11.3 Å². The third-order valence-electron chi connectivity index (χ3n) is 6.02. The predicted molar refractivity (Wildman–Crippen MR) is 109 cm³/mol. The van der Waals surface area contributed by atoms with Crippen LogP contribution in [-0.2, 0) is 11.3 Å². The molecule has 2 aliphatic rings. The van der Waals surface area contributed by atoms with Crippen LogP contribution < -0.4 is 0 Å². The van der Waals surface area contributed by atoms with Crippen molar-refractivity contribution >= 4 is 5.91 Å². The minimum absolute atomic E-state index is 0.141. The van der Waals surface area contributed by atoms with Crippen molar-refractivity contribution in [1.82, 2.24) is 14.8 Å². The molecule has 1 aromatic heterocycles. The Balaban J connectivity index is 1.39. The molecular weight excluding hydrogens is 350 g/mol. The Morgan fingerprint density at radius 2 is 2.04 bits per heavy atom. The summed E-state index contributed by atoms with van der Waals surface area (Å²) in [5, 5.41) is 0. The normalized spacial score (nSPS) is 20.1. The molecule has 0 saturated carbocycles. The Morgan fingerprint density at radius 3 is 2.79 bits per heavy atom. The predicted octanol–water partition coefficient (Wildman–Crippen LogP) is 3.14. The third kappa shape index (κ3) is 4.42. The standard InChI is InChI=1S/C23H29N3O2/c1-19-4-2-6-21(14-19)22(27)26-10-7-23(8-11-26)17-25(12-13-28-18-23)16-20-5-3-9-24-15-20/h2-6,9,14-15H,7-8,10-13,16-18H2,1H3. The highest BCUT2D eigenvalue weighted by Crippen LogP contribution is 2.35. The molecule has 0 bridgehead atoms. The first-order valence-corrected chi connectivity index (χ1v) is 10.2. The van der Waals surface area contributed by atoms with E-state index in [9.17, 15) is 4.79 Å². The Kier molecular flexibility index (Phi) is 5.74. The van der Waals surface area contributed by atoms with Crippen molar-refractivity contribution in [1.29, 1.82) is 0 Å². The maximum atomic E-state index is 12.9. The molecule has 4 rings (SSSR count). The van der Waals surface area contributed by atoms with Crippen LogP contribution in [0.3, 0.4) is 0 Å². The van der Waals surface area contributed by atoms with Crippen LogP contribution in [0.25, 0.3) is 0 Å². The van der Waals surface area contributed by atoms with Gasteiger partial charge >= 0.3 is 0 Å². The van der Waals surface area contributed by atoms with Gasteiger partial charge in [0.25, 0.3) is 5.91 Å². The van der Waals surface area contributed by atoms with Crippen LogP contribution in [0.2, 0.25) is 0 Å². The van der Waals surface area contributed by atoms with Gasteiger partial charge in [0.1, 0.15) is 0 Å². The summed E-state index contributed by atoms with van der Waals surface area (Å²) >= 11 is 0. The summed E-state index contributed by atoms with van der Waals surface area (Å²) in [5.41, 5.74) is 3.31. The largest absolute Gasteiger partial charge is 0.379 e. The second kappa shape index (κ2) is 8.41. The molecule has 28 heavy (non-hydrogen) atoms. The molecule has 1 spiro atoms. The number of piperidine rings is 1. The molecule has 2 aromatic rings.